The van der Waals surface area contributed by atoms with Gasteiger partial charge in [-0.2, -0.15) is 0 Å². The van der Waals surface area contributed by atoms with Gasteiger partial charge in [-0.25, -0.2) is 4.99 Å². The van der Waals surface area contributed by atoms with Crippen LogP contribution in [0.15, 0.2) is 59.6 Å². The fourth-order valence-electron chi connectivity index (χ4n) is 1.52. The van der Waals surface area contributed by atoms with Crippen LogP contribution in [-0.4, -0.2) is 3.53 Å². The lowest BCUT2D eigenvalue weighted by Gasteiger charge is -2.05. The van der Waals surface area contributed by atoms with Crippen molar-refractivity contribution in [1.82, 2.24) is 0 Å². The molecule has 0 fully saturated rings. The lowest BCUT2D eigenvalue weighted by Crippen LogP contribution is -1.79. The van der Waals surface area contributed by atoms with Crippen molar-refractivity contribution < 1.29 is 0 Å². The molecule has 16 heavy (non-hydrogen) atoms. The first-order valence-corrected chi connectivity index (χ1v) is 6.40. The van der Waals surface area contributed by atoms with E-state index in [2.05, 4.69) is 55.1 Å². The van der Waals surface area contributed by atoms with Crippen molar-refractivity contribution in [3.63, 3.8) is 0 Å². The highest BCUT2D eigenvalue weighted by atomic mass is 79.9. The van der Waals surface area contributed by atoms with Gasteiger partial charge in [0, 0.05) is 5.56 Å². The molecule has 2 aromatic rings. The Morgan fingerprint density at radius 1 is 0.812 bits per heavy atom. The normalized spacial score (nSPS) is 9.88. The zero-order valence-electron chi connectivity index (χ0n) is 8.40. The van der Waals surface area contributed by atoms with E-state index < -0.39 is 0 Å². The second-order valence-corrected chi connectivity index (χ2v) is 5.80. The second-order valence-electron chi connectivity index (χ2n) is 3.24. The zero-order valence-corrected chi connectivity index (χ0v) is 11.6. The average Bonchev–Trinajstić information content (AvgIpc) is 2.30. The SMILES string of the molecule is BrC(Br)=Nc1ccccc1-c1ccccc1. The van der Waals surface area contributed by atoms with Crippen molar-refractivity contribution in [3.8, 4) is 11.1 Å². The maximum Gasteiger partial charge on any atom is 0.149 e. The van der Waals surface area contributed by atoms with Crippen LogP contribution >= 0.6 is 31.9 Å². The van der Waals surface area contributed by atoms with E-state index in [1.807, 2.05) is 36.4 Å². The van der Waals surface area contributed by atoms with Crippen LogP contribution in [-0.2, 0) is 0 Å². The summed E-state index contributed by atoms with van der Waals surface area (Å²) in [6.07, 6.45) is 0. The Morgan fingerprint density at radius 2 is 1.44 bits per heavy atom. The third-order valence-electron chi connectivity index (χ3n) is 2.19. The maximum absolute atomic E-state index is 4.39. The van der Waals surface area contributed by atoms with Gasteiger partial charge in [0.05, 0.1) is 5.69 Å². The first-order chi connectivity index (χ1) is 7.77. The van der Waals surface area contributed by atoms with E-state index in [4.69, 9.17) is 0 Å². The Kier molecular flexibility index (Phi) is 3.91. The summed E-state index contributed by atoms with van der Waals surface area (Å²) in [4.78, 5) is 4.39. The lowest BCUT2D eigenvalue weighted by molar-refractivity contribution is 1.52. The zero-order chi connectivity index (χ0) is 11.4. The molecule has 0 radical (unpaired) electrons. The van der Waals surface area contributed by atoms with Crippen LogP contribution < -0.4 is 0 Å². The molecule has 0 aromatic heterocycles. The van der Waals surface area contributed by atoms with Crippen LogP contribution in [0.25, 0.3) is 11.1 Å². The van der Waals surface area contributed by atoms with Gasteiger partial charge in [-0.3, -0.25) is 0 Å². The van der Waals surface area contributed by atoms with E-state index in [-0.39, 0.29) is 0 Å². The number of para-hydroxylation sites is 1. The van der Waals surface area contributed by atoms with Crippen molar-refractivity contribution in [2.75, 3.05) is 0 Å². The predicted octanol–water partition coefficient (Wildman–Crippen LogP) is 5.13. The van der Waals surface area contributed by atoms with Gasteiger partial charge in [-0.1, -0.05) is 48.5 Å². The highest BCUT2D eigenvalue weighted by Gasteiger charge is 2.02. The fourth-order valence-corrected chi connectivity index (χ4v) is 1.91. The Labute approximate surface area is 111 Å². The molecule has 3 heteroatoms. The lowest BCUT2D eigenvalue weighted by atomic mass is 10.0. The number of halogens is 2. The van der Waals surface area contributed by atoms with E-state index >= 15 is 0 Å². The quantitative estimate of drug-likeness (QED) is 0.673. The summed E-state index contributed by atoms with van der Waals surface area (Å²) in [6.45, 7) is 0. The fraction of sp³-hybridized carbons (Fsp3) is 0. The minimum Gasteiger partial charge on any atom is -0.233 e. The molecular formula is C13H9Br2N. The molecular weight excluding hydrogens is 330 g/mol. The van der Waals surface area contributed by atoms with Gasteiger partial charge < -0.3 is 0 Å². The summed E-state index contributed by atoms with van der Waals surface area (Å²) in [5.74, 6) is 0. The standard InChI is InChI=1S/C13H9Br2N/c14-13(15)16-12-9-5-4-8-11(12)10-6-2-1-3-7-10/h1-9H. The molecule has 0 spiro atoms. The van der Waals surface area contributed by atoms with Crippen molar-refractivity contribution in [2.24, 2.45) is 4.99 Å². The van der Waals surface area contributed by atoms with E-state index in [9.17, 15) is 0 Å². The van der Waals surface area contributed by atoms with Crippen molar-refractivity contribution in [2.45, 2.75) is 0 Å². The van der Waals surface area contributed by atoms with Gasteiger partial charge in [-0.05, 0) is 43.5 Å². The molecule has 2 aromatic carbocycles. The molecule has 0 amide bonds. The molecule has 2 rings (SSSR count). The number of rotatable bonds is 2. The first-order valence-electron chi connectivity index (χ1n) is 4.81. The topological polar surface area (TPSA) is 12.4 Å². The minimum absolute atomic E-state index is 0.698. The monoisotopic (exact) mass is 337 g/mol. The Bertz CT molecular complexity index is 502. The van der Waals surface area contributed by atoms with Crippen molar-refractivity contribution >= 4 is 41.1 Å². The highest BCUT2D eigenvalue weighted by Crippen LogP contribution is 2.30. The summed E-state index contributed by atoms with van der Waals surface area (Å²) in [6, 6.07) is 18.3. The molecule has 0 bridgehead atoms. The van der Waals surface area contributed by atoms with Gasteiger partial charge in [-0.15, -0.1) is 0 Å². The van der Waals surface area contributed by atoms with E-state index in [0.29, 0.717) is 3.53 Å². The number of hydrogen-bond donors (Lipinski definition) is 0. The third-order valence-corrected chi connectivity index (χ3v) is 2.55. The van der Waals surface area contributed by atoms with Gasteiger partial charge in [0.1, 0.15) is 3.53 Å². The van der Waals surface area contributed by atoms with Crippen LogP contribution in [0, 0.1) is 0 Å². The summed E-state index contributed by atoms with van der Waals surface area (Å²) in [5, 5.41) is 0. The molecule has 0 heterocycles. The van der Waals surface area contributed by atoms with Gasteiger partial charge in [0.25, 0.3) is 0 Å². The van der Waals surface area contributed by atoms with Crippen molar-refractivity contribution in [1.29, 1.82) is 0 Å². The van der Waals surface area contributed by atoms with Gasteiger partial charge >= 0.3 is 0 Å². The molecule has 0 aliphatic heterocycles. The van der Waals surface area contributed by atoms with E-state index in [1.165, 1.54) is 5.56 Å². The summed E-state index contributed by atoms with van der Waals surface area (Å²) in [5.41, 5.74) is 3.24. The number of hydrogen-bond acceptors (Lipinski definition) is 1. The van der Waals surface area contributed by atoms with Gasteiger partial charge in [0.2, 0.25) is 0 Å². The Balaban J connectivity index is 2.53. The minimum atomic E-state index is 0.698. The molecule has 0 aliphatic rings. The third kappa shape index (κ3) is 2.80. The summed E-state index contributed by atoms with van der Waals surface area (Å²) >= 11 is 6.57. The molecule has 0 saturated heterocycles. The molecule has 0 N–H and O–H groups in total. The van der Waals surface area contributed by atoms with E-state index in [1.54, 1.807) is 0 Å². The smallest absolute Gasteiger partial charge is 0.149 e. The predicted molar refractivity (Wildman–Crippen MR) is 76.8 cm³/mol. The van der Waals surface area contributed by atoms with Crippen LogP contribution in [0.2, 0.25) is 0 Å². The van der Waals surface area contributed by atoms with E-state index in [0.717, 1.165) is 11.3 Å². The number of benzene rings is 2. The Morgan fingerprint density at radius 3 is 2.12 bits per heavy atom. The molecule has 0 saturated carbocycles. The summed E-state index contributed by atoms with van der Waals surface area (Å²) < 4.78 is 0.698. The second kappa shape index (κ2) is 5.41. The number of aliphatic imine (C=N–C) groups is 1. The van der Waals surface area contributed by atoms with Crippen LogP contribution in [0.5, 0.6) is 0 Å². The van der Waals surface area contributed by atoms with Gasteiger partial charge in [0.15, 0.2) is 0 Å². The molecule has 80 valence electrons. The largest absolute Gasteiger partial charge is 0.233 e. The van der Waals surface area contributed by atoms with Crippen molar-refractivity contribution in [3.05, 3.63) is 54.6 Å². The van der Waals surface area contributed by atoms with Crippen LogP contribution in [0.3, 0.4) is 0 Å². The summed E-state index contributed by atoms with van der Waals surface area (Å²) in [7, 11) is 0. The molecule has 0 unspecified atom stereocenters. The molecule has 0 aliphatic carbocycles. The molecule has 0 atom stereocenters. The Hall–Kier alpha value is -0.930. The van der Waals surface area contributed by atoms with Crippen LogP contribution in [0.1, 0.15) is 0 Å². The first kappa shape index (κ1) is 11.6. The average molecular weight is 339 g/mol. The maximum atomic E-state index is 4.39. The molecule has 1 nitrogen and oxygen atoms in total. The van der Waals surface area contributed by atoms with Crippen LogP contribution in [0.4, 0.5) is 5.69 Å². The highest BCUT2D eigenvalue weighted by molar-refractivity contribution is 9.39. The number of nitrogens with zero attached hydrogens (tertiary/aromatic N) is 1.